The Morgan fingerprint density at radius 2 is 1.86 bits per heavy atom. The van der Waals surface area contributed by atoms with E-state index in [1.54, 1.807) is 30.3 Å². The minimum atomic E-state index is -3.69. The zero-order valence-corrected chi connectivity index (χ0v) is 13.6. The van der Waals surface area contributed by atoms with Gasteiger partial charge in [0.15, 0.2) is 0 Å². The Bertz CT molecular complexity index is 721. The summed E-state index contributed by atoms with van der Waals surface area (Å²) >= 11 is 3.30. The van der Waals surface area contributed by atoms with Crippen LogP contribution in [0, 0.1) is 0 Å². The summed E-state index contributed by atoms with van der Waals surface area (Å²) in [4.78, 5) is 0. The summed E-state index contributed by atoms with van der Waals surface area (Å²) in [6, 6.07) is 10.6. The first-order valence-corrected chi connectivity index (χ1v) is 8.91. The summed E-state index contributed by atoms with van der Waals surface area (Å²) in [7, 11) is -3.69. The second kappa shape index (κ2) is 5.82. The van der Waals surface area contributed by atoms with Crippen molar-refractivity contribution in [2.24, 2.45) is 0 Å². The molecule has 7 heteroatoms. The molecule has 0 unspecified atom stereocenters. The molecule has 0 saturated heterocycles. The van der Waals surface area contributed by atoms with Crippen LogP contribution in [0.25, 0.3) is 0 Å². The number of sulfonamides is 1. The number of benzene rings is 1. The fourth-order valence-corrected chi connectivity index (χ4v) is 3.13. The number of halogens is 1. The number of hydrogen-bond acceptors (Lipinski definition) is 4. The van der Waals surface area contributed by atoms with Crippen molar-refractivity contribution in [1.82, 2.24) is 5.32 Å². The Morgan fingerprint density at radius 1 is 1.14 bits per heavy atom. The summed E-state index contributed by atoms with van der Waals surface area (Å²) in [5.41, 5.74) is 0.493. The normalized spacial score (nSPS) is 15.1. The maximum atomic E-state index is 12.2. The lowest BCUT2D eigenvalue weighted by atomic mass is 10.3. The zero-order valence-electron chi connectivity index (χ0n) is 11.2. The third kappa shape index (κ3) is 3.87. The molecule has 112 valence electrons. The minimum absolute atomic E-state index is 0.0713. The molecule has 1 saturated carbocycles. The first-order chi connectivity index (χ1) is 10.0. The van der Waals surface area contributed by atoms with Crippen LogP contribution < -0.4 is 10.0 Å². The van der Waals surface area contributed by atoms with Gasteiger partial charge in [0, 0.05) is 16.2 Å². The standard InChI is InChI=1S/C14H15BrN2O3S/c15-10-1-3-12(4-2-10)17-21(18,19)14-8-7-13(20-14)9-16-11-5-6-11/h1-4,7-8,11,16-17H,5-6,9H2. The Balaban J connectivity index is 1.69. The molecule has 21 heavy (non-hydrogen) atoms. The molecule has 1 heterocycles. The van der Waals surface area contributed by atoms with Crippen LogP contribution in [0.5, 0.6) is 0 Å². The second-order valence-corrected chi connectivity index (χ2v) is 7.52. The van der Waals surface area contributed by atoms with E-state index in [0.29, 0.717) is 24.0 Å². The van der Waals surface area contributed by atoms with Crippen LogP contribution in [0.3, 0.4) is 0 Å². The van der Waals surface area contributed by atoms with Gasteiger partial charge in [-0.05, 0) is 49.2 Å². The first kappa shape index (κ1) is 14.6. The predicted octanol–water partition coefficient (Wildman–Crippen LogP) is 3.09. The molecule has 0 amide bonds. The van der Waals surface area contributed by atoms with Gasteiger partial charge < -0.3 is 9.73 Å². The Hall–Kier alpha value is -1.31. The molecule has 0 atom stereocenters. The van der Waals surface area contributed by atoms with Crippen LogP contribution in [0.1, 0.15) is 18.6 Å². The van der Waals surface area contributed by atoms with Gasteiger partial charge in [-0.1, -0.05) is 15.9 Å². The summed E-state index contributed by atoms with van der Waals surface area (Å²) in [5, 5.41) is 3.21. The number of rotatable bonds is 6. The van der Waals surface area contributed by atoms with Crippen molar-refractivity contribution in [3.05, 3.63) is 46.6 Å². The molecule has 0 bridgehead atoms. The number of anilines is 1. The van der Waals surface area contributed by atoms with Crippen LogP contribution >= 0.6 is 15.9 Å². The molecule has 1 aromatic heterocycles. The van der Waals surface area contributed by atoms with Gasteiger partial charge in [0.2, 0.25) is 5.09 Å². The van der Waals surface area contributed by atoms with Crippen molar-refractivity contribution in [1.29, 1.82) is 0 Å². The molecule has 1 aromatic carbocycles. The molecule has 1 aliphatic rings. The number of hydrogen-bond donors (Lipinski definition) is 2. The van der Waals surface area contributed by atoms with Crippen LogP contribution in [-0.2, 0) is 16.6 Å². The molecular formula is C14H15BrN2O3S. The SMILES string of the molecule is O=S(=O)(Nc1ccc(Br)cc1)c1ccc(CNC2CC2)o1. The van der Waals surface area contributed by atoms with Gasteiger partial charge in [-0.25, -0.2) is 0 Å². The van der Waals surface area contributed by atoms with E-state index in [-0.39, 0.29) is 5.09 Å². The lowest BCUT2D eigenvalue weighted by molar-refractivity contribution is 0.403. The maximum absolute atomic E-state index is 12.2. The van der Waals surface area contributed by atoms with Crippen molar-refractivity contribution >= 4 is 31.6 Å². The highest BCUT2D eigenvalue weighted by molar-refractivity contribution is 9.10. The van der Waals surface area contributed by atoms with Crippen LogP contribution in [0.4, 0.5) is 5.69 Å². The highest BCUT2D eigenvalue weighted by Gasteiger charge is 2.22. The van der Waals surface area contributed by atoms with Crippen LogP contribution in [0.2, 0.25) is 0 Å². The smallest absolute Gasteiger partial charge is 0.295 e. The van der Waals surface area contributed by atoms with Crippen molar-refractivity contribution in [2.75, 3.05) is 4.72 Å². The average Bonchev–Trinajstić information content (AvgIpc) is 3.15. The van der Waals surface area contributed by atoms with Gasteiger partial charge in [-0.3, -0.25) is 4.72 Å². The minimum Gasteiger partial charge on any atom is -0.446 e. The Morgan fingerprint density at radius 3 is 2.52 bits per heavy atom. The van der Waals surface area contributed by atoms with E-state index in [1.165, 1.54) is 18.9 Å². The van der Waals surface area contributed by atoms with Crippen molar-refractivity contribution in [2.45, 2.75) is 30.5 Å². The Labute approximate surface area is 131 Å². The summed E-state index contributed by atoms with van der Waals surface area (Å²) in [5.74, 6) is 0.623. The highest BCUT2D eigenvalue weighted by atomic mass is 79.9. The van der Waals surface area contributed by atoms with E-state index in [2.05, 4.69) is 26.0 Å². The zero-order chi connectivity index (χ0) is 14.9. The van der Waals surface area contributed by atoms with E-state index in [0.717, 1.165) is 4.47 Å². The topological polar surface area (TPSA) is 71.3 Å². The fraction of sp³-hybridized carbons (Fsp3) is 0.286. The average molecular weight is 371 g/mol. The largest absolute Gasteiger partial charge is 0.446 e. The van der Waals surface area contributed by atoms with E-state index >= 15 is 0 Å². The van der Waals surface area contributed by atoms with Gasteiger partial charge in [-0.15, -0.1) is 0 Å². The molecular weight excluding hydrogens is 356 g/mol. The second-order valence-electron chi connectivity index (χ2n) is 4.99. The van der Waals surface area contributed by atoms with Gasteiger partial charge in [0.05, 0.1) is 6.54 Å². The molecule has 1 fully saturated rings. The first-order valence-electron chi connectivity index (χ1n) is 6.63. The van der Waals surface area contributed by atoms with Gasteiger partial charge >= 0.3 is 0 Å². The molecule has 2 aromatic rings. The lowest BCUT2D eigenvalue weighted by Gasteiger charge is -2.05. The van der Waals surface area contributed by atoms with Gasteiger partial charge in [0.1, 0.15) is 5.76 Å². The quantitative estimate of drug-likeness (QED) is 0.819. The third-order valence-electron chi connectivity index (χ3n) is 3.14. The monoisotopic (exact) mass is 370 g/mol. The highest BCUT2D eigenvalue weighted by Crippen LogP contribution is 2.22. The Kier molecular flexibility index (Phi) is 4.05. The van der Waals surface area contributed by atoms with E-state index < -0.39 is 10.0 Å². The molecule has 1 aliphatic carbocycles. The van der Waals surface area contributed by atoms with E-state index in [1.807, 2.05) is 0 Å². The summed E-state index contributed by atoms with van der Waals surface area (Å²) in [6.07, 6.45) is 2.36. The molecule has 5 nitrogen and oxygen atoms in total. The van der Waals surface area contributed by atoms with Crippen LogP contribution in [0.15, 0.2) is 50.4 Å². The maximum Gasteiger partial charge on any atom is 0.295 e. The molecule has 0 spiro atoms. The van der Waals surface area contributed by atoms with Crippen molar-refractivity contribution in [3.63, 3.8) is 0 Å². The molecule has 0 aliphatic heterocycles. The molecule has 3 rings (SSSR count). The van der Waals surface area contributed by atoms with E-state index in [4.69, 9.17) is 4.42 Å². The summed E-state index contributed by atoms with van der Waals surface area (Å²) < 4.78 is 33.2. The number of furan rings is 1. The fourth-order valence-electron chi connectivity index (χ4n) is 1.85. The summed E-state index contributed by atoms with van der Waals surface area (Å²) in [6.45, 7) is 0.554. The van der Waals surface area contributed by atoms with Gasteiger partial charge in [0.25, 0.3) is 10.0 Å². The van der Waals surface area contributed by atoms with E-state index in [9.17, 15) is 8.42 Å². The third-order valence-corrected chi connectivity index (χ3v) is 4.92. The van der Waals surface area contributed by atoms with Gasteiger partial charge in [-0.2, -0.15) is 8.42 Å². The van der Waals surface area contributed by atoms with Crippen molar-refractivity contribution < 1.29 is 12.8 Å². The predicted molar refractivity (Wildman–Crippen MR) is 83.5 cm³/mol. The number of nitrogens with one attached hydrogen (secondary N) is 2. The molecule has 0 radical (unpaired) electrons. The van der Waals surface area contributed by atoms with Crippen molar-refractivity contribution in [3.8, 4) is 0 Å². The lowest BCUT2D eigenvalue weighted by Crippen LogP contribution is -2.15. The molecule has 2 N–H and O–H groups in total. The van der Waals surface area contributed by atoms with Crippen LogP contribution in [-0.4, -0.2) is 14.5 Å².